The Hall–Kier alpha value is -0.340. The Balaban J connectivity index is 2.48. The van der Waals surface area contributed by atoms with Crippen LogP contribution in [0.15, 0.2) is 29.2 Å². The van der Waals surface area contributed by atoms with Crippen LogP contribution in [0.25, 0.3) is 0 Å². The van der Waals surface area contributed by atoms with Crippen molar-refractivity contribution in [2.24, 2.45) is 0 Å². The van der Waals surface area contributed by atoms with Gasteiger partial charge in [0.15, 0.2) is 0 Å². The molecule has 0 aliphatic heterocycles. The summed E-state index contributed by atoms with van der Waals surface area (Å²) in [7, 11) is 0. The predicted molar refractivity (Wildman–Crippen MR) is 62.0 cm³/mol. The number of anilines is 1. The van der Waals surface area contributed by atoms with E-state index in [4.69, 9.17) is 11.6 Å². The average molecular weight is 216 g/mol. The number of hydrogen-bond donors (Lipinski definition) is 1. The first-order valence-electron chi connectivity index (χ1n) is 4.39. The molecule has 0 aliphatic rings. The zero-order chi connectivity index (χ0) is 9.52. The third kappa shape index (κ3) is 3.92. The minimum atomic E-state index is 0.644. The van der Waals surface area contributed by atoms with Crippen LogP contribution in [-0.2, 0) is 0 Å². The maximum Gasteiger partial charge on any atom is 0.0396 e. The second kappa shape index (κ2) is 6.17. The zero-order valence-corrected chi connectivity index (χ0v) is 9.29. The van der Waals surface area contributed by atoms with Crippen molar-refractivity contribution >= 4 is 29.1 Å². The lowest BCUT2D eigenvalue weighted by Gasteiger charge is -2.04. The van der Waals surface area contributed by atoms with Gasteiger partial charge in [0.05, 0.1) is 0 Å². The van der Waals surface area contributed by atoms with Crippen LogP contribution in [0.2, 0.25) is 0 Å². The minimum Gasteiger partial charge on any atom is -0.384 e. The fraction of sp³-hybridized carbons (Fsp3) is 0.400. The summed E-state index contributed by atoms with van der Waals surface area (Å²) in [6.07, 6.45) is 0. The smallest absolute Gasteiger partial charge is 0.0396 e. The molecule has 0 radical (unpaired) electrons. The molecule has 13 heavy (non-hydrogen) atoms. The van der Waals surface area contributed by atoms with Crippen LogP contribution in [0.5, 0.6) is 0 Å². The Morgan fingerprint density at radius 3 is 2.54 bits per heavy atom. The fourth-order valence-corrected chi connectivity index (χ4v) is 1.78. The predicted octanol–water partition coefficient (Wildman–Crippen LogP) is 3.45. The number of halogens is 1. The maximum absolute atomic E-state index is 5.57. The average Bonchev–Trinajstić information content (AvgIpc) is 2.17. The molecule has 0 amide bonds. The molecule has 72 valence electrons. The van der Waals surface area contributed by atoms with Crippen molar-refractivity contribution in [1.29, 1.82) is 0 Å². The molecule has 0 saturated heterocycles. The first-order chi connectivity index (χ1) is 6.36. The van der Waals surface area contributed by atoms with Crippen LogP contribution in [0.4, 0.5) is 5.69 Å². The number of rotatable bonds is 5. The van der Waals surface area contributed by atoms with E-state index < -0.39 is 0 Å². The molecule has 0 atom stereocenters. The summed E-state index contributed by atoms with van der Waals surface area (Å²) < 4.78 is 0. The van der Waals surface area contributed by atoms with Crippen molar-refractivity contribution in [3.8, 4) is 0 Å². The number of alkyl halides is 1. The largest absolute Gasteiger partial charge is 0.384 e. The first-order valence-corrected chi connectivity index (χ1v) is 5.91. The summed E-state index contributed by atoms with van der Waals surface area (Å²) in [4.78, 5) is 1.32. The molecule has 0 aromatic heterocycles. The van der Waals surface area contributed by atoms with E-state index in [1.165, 1.54) is 4.90 Å². The minimum absolute atomic E-state index is 0.644. The summed E-state index contributed by atoms with van der Waals surface area (Å²) >= 11 is 7.42. The quantitative estimate of drug-likeness (QED) is 0.597. The standard InChI is InChI=1S/C10H14ClNS/c1-2-13-10-5-3-9(4-6-10)12-8-7-11/h3-6,12H,2,7-8H2,1H3. The Labute approximate surface area is 88.9 Å². The first kappa shape index (κ1) is 10.7. The summed E-state index contributed by atoms with van der Waals surface area (Å²) in [6.45, 7) is 2.98. The summed E-state index contributed by atoms with van der Waals surface area (Å²) in [5, 5.41) is 3.22. The van der Waals surface area contributed by atoms with E-state index in [2.05, 4.69) is 36.5 Å². The van der Waals surface area contributed by atoms with Crippen LogP contribution < -0.4 is 5.32 Å². The number of thioether (sulfide) groups is 1. The number of hydrogen-bond acceptors (Lipinski definition) is 2. The van der Waals surface area contributed by atoms with Crippen LogP contribution in [0.1, 0.15) is 6.92 Å². The van der Waals surface area contributed by atoms with Crippen molar-refractivity contribution in [2.75, 3.05) is 23.5 Å². The fourth-order valence-electron chi connectivity index (χ4n) is 1.03. The van der Waals surface area contributed by atoms with Crippen molar-refractivity contribution in [1.82, 2.24) is 0 Å². The molecule has 0 heterocycles. The van der Waals surface area contributed by atoms with Gasteiger partial charge >= 0.3 is 0 Å². The van der Waals surface area contributed by atoms with Gasteiger partial charge in [-0.05, 0) is 30.0 Å². The molecule has 0 bridgehead atoms. The topological polar surface area (TPSA) is 12.0 Å². The van der Waals surface area contributed by atoms with Gasteiger partial charge in [-0.25, -0.2) is 0 Å². The summed E-state index contributed by atoms with van der Waals surface area (Å²) in [5.74, 6) is 1.76. The van der Waals surface area contributed by atoms with E-state index in [0.717, 1.165) is 18.0 Å². The molecular formula is C10H14ClNS. The molecular weight excluding hydrogens is 202 g/mol. The molecule has 0 fully saturated rings. The van der Waals surface area contributed by atoms with E-state index in [1.807, 2.05) is 11.8 Å². The third-order valence-corrected chi connectivity index (χ3v) is 2.67. The molecule has 0 aliphatic carbocycles. The van der Waals surface area contributed by atoms with Gasteiger partial charge in [0, 0.05) is 23.0 Å². The highest BCUT2D eigenvalue weighted by atomic mass is 35.5. The van der Waals surface area contributed by atoms with Gasteiger partial charge in [-0.2, -0.15) is 0 Å². The highest BCUT2D eigenvalue weighted by Gasteiger charge is 1.92. The second-order valence-electron chi connectivity index (χ2n) is 2.57. The van der Waals surface area contributed by atoms with E-state index in [-0.39, 0.29) is 0 Å². The highest BCUT2D eigenvalue weighted by molar-refractivity contribution is 7.99. The van der Waals surface area contributed by atoms with Gasteiger partial charge in [-0.15, -0.1) is 23.4 Å². The molecule has 3 heteroatoms. The molecule has 1 nitrogen and oxygen atoms in total. The lowest BCUT2D eigenvalue weighted by molar-refractivity contribution is 1.22. The molecule has 0 unspecified atom stereocenters. The number of nitrogens with one attached hydrogen (secondary N) is 1. The van der Waals surface area contributed by atoms with Gasteiger partial charge < -0.3 is 5.32 Å². The van der Waals surface area contributed by atoms with Crippen LogP contribution >= 0.6 is 23.4 Å². The van der Waals surface area contributed by atoms with E-state index in [9.17, 15) is 0 Å². The van der Waals surface area contributed by atoms with Crippen molar-refractivity contribution < 1.29 is 0 Å². The maximum atomic E-state index is 5.57. The normalized spacial score (nSPS) is 10.0. The van der Waals surface area contributed by atoms with Gasteiger partial charge in [0.1, 0.15) is 0 Å². The van der Waals surface area contributed by atoms with Crippen LogP contribution in [0.3, 0.4) is 0 Å². The van der Waals surface area contributed by atoms with Gasteiger partial charge in [-0.1, -0.05) is 6.92 Å². The van der Waals surface area contributed by atoms with Gasteiger partial charge in [0.25, 0.3) is 0 Å². The highest BCUT2D eigenvalue weighted by Crippen LogP contribution is 2.19. The Kier molecular flexibility index (Phi) is 5.09. The lowest BCUT2D eigenvalue weighted by atomic mass is 10.3. The Morgan fingerprint density at radius 2 is 2.00 bits per heavy atom. The summed E-state index contributed by atoms with van der Waals surface area (Å²) in [5.41, 5.74) is 1.14. The van der Waals surface area contributed by atoms with Gasteiger partial charge in [0.2, 0.25) is 0 Å². The molecule has 1 aromatic rings. The monoisotopic (exact) mass is 215 g/mol. The molecule has 0 spiro atoms. The third-order valence-electron chi connectivity index (χ3n) is 1.59. The van der Waals surface area contributed by atoms with E-state index in [1.54, 1.807) is 0 Å². The Morgan fingerprint density at radius 1 is 1.31 bits per heavy atom. The molecule has 1 aromatic carbocycles. The van der Waals surface area contributed by atoms with E-state index >= 15 is 0 Å². The van der Waals surface area contributed by atoms with Crippen molar-refractivity contribution in [3.63, 3.8) is 0 Å². The van der Waals surface area contributed by atoms with Gasteiger partial charge in [-0.3, -0.25) is 0 Å². The molecule has 1 rings (SSSR count). The molecule has 1 N–H and O–H groups in total. The SMILES string of the molecule is CCSc1ccc(NCCCl)cc1. The van der Waals surface area contributed by atoms with Crippen LogP contribution in [0, 0.1) is 0 Å². The second-order valence-corrected chi connectivity index (χ2v) is 4.29. The number of benzene rings is 1. The van der Waals surface area contributed by atoms with E-state index in [0.29, 0.717) is 5.88 Å². The lowest BCUT2D eigenvalue weighted by Crippen LogP contribution is -2.01. The summed E-state index contributed by atoms with van der Waals surface area (Å²) in [6, 6.07) is 8.44. The van der Waals surface area contributed by atoms with Crippen molar-refractivity contribution in [2.45, 2.75) is 11.8 Å². The molecule has 0 saturated carbocycles. The Bertz CT molecular complexity index is 235. The van der Waals surface area contributed by atoms with Crippen LogP contribution in [-0.4, -0.2) is 18.2 Å². The van der Waals surface area contributed by atoms with Crippen molar-refractivity contribution in [3.05, 3.63) is 24.3 Å². The zero-order valence-electron chi connectivity index (χ0n) is 7.72.